The van der Waals surface area contributed by atoms with Gasteiger partial charge in [-0.05, 0) is 0 Å². The summed E-state index contributed by atoms with van der Waals surface area (Å²) in [6.07, 6.45) is -0.200. The number of guanidine groups is 1. The normalized spacial score (nSPS) is 24.9. The van der Waals surface area contributed by atoms with Crippen molar-refractivity contribution in [3.05, 3.63) is 0 Å². The summed E-state index contributed by atoms with van der Waals surface area (Å²) in [4.78, 5) is 6.35. The van der Waals surface area contributed by atoms with E-state index in [0.717, 1.165) is 39.4 Å². The van der Waals surface area contributed by atoms with Gasteiger partial charge in [-0.3, -0.25) is 9.89 Å². The minimum absolute atomic E-state index is 0.100. The lowest BCUT2D eigenvalue weighted by atomic mass is 9.88. The van der Waals surface area contributed by atoms with Crippen LogP contribution in [0.4, 0.5) is 8.78 Å². The van der Waals surface area contributed by atoms with Gasteiger partial charge in [0.05, 0.1) is 13.2 Å². The average Bonchev–Trinajstić information content (AvgIpc) is 2.36. The second-order valence-electron chi connectivity index (χ2n) is 5.06. The zero-order valence-electron chi connectivity index (χ0n) is 11.3. The first kappa shape index (κ1) is 14.5. The van der Waals surface area contributed by atoms with E-state index in [4.69, 9.17) is 4.74 Å². The van der Waals surface area contributed by atoms with Crippen LogP contribution in [0.3, 0.4) is 0 Å². The maximum Gasteiger partial charge on any atom is 0.252 e. The Kier molecular flexibility index (Phi) is 4.93. The van der Waals surface area contributed by atoms with E-state index in [1.165, 1.54) is 0 Å². The molecule has 19 heavy (non-hydrogen) atoms. The van der Waals surface area contributed by atoms with Crippen LogP contribution in [-0.2, 0) is 4.74 Å². The molecular formula is C12H22F2N4O. The van der Waals surface area contributed by atoms with Gasteiger partial charge in [0.25, 0.3) is 5.92 Å². The van der Waals surface area contributed by atoms with Crippen LogP contribution < -0.4 is 10.6 Å². The molecule has 2 fully saturated rings. The number of nitrogens with zero attached hydrogens (tertiary/aromatic N) is 2. The summed E-state index contributed by atoms with van der Waals surface area (Å²) in [6, 6.07) is -0.162. The molecule has 2 N–H and O–H groups in total. The predicted molar refractivity (Wildman–Crippen MR) is 69.7 cm³/mol. The van der Waals surface area contributed by atoms with E-state index < -0.39 is 5.92 Å². The van der Waals surface area contributed by atoms with Crippen molar-refractivity contribution >= 4 is 5.96 Å². The fourth-order valence-electron chi connectivity index (χ4n) is 2.31. The molecule has 5 nitrogen and oxygen atoms in total. The summed E-state index contributed by atoms with van der Waals surface area (Å²) in [5.41, 5.74) is 0. The molecule has 7 heteroatoms. The molecule has 2 rings (SSSR count). The highest BCUT2D eigenvalue weighted by Crippen LogP contribution is 2.37. The molecular weight excluding hydrogens is 254 g/mol. The van der Waals surface area contributed by atoms with Gasteiger partial charge in [-0.1, -0.05) is 0 Å². The van der Waals surface area contributed by atoms with E-state index >= 15 is 0 Å². The Morgan fingerprint density at radius 3 is 2.63 bits per heavy atom. The molecule has 0 aromatic heterocycles. The van der Waals surface area contributed by atoms with Crippen LogP contribution in [0.25, 0.3) is 0 Å². The van der Waals surface area contributed by atoms with Gasteiger partial charge in [0.1, 0.15) is 0 Å². The standard InChI is InChI=1S/C12H22F2N4O/c1-15-11(17-10-8-12(13,14)9-10)16-2-3-18-4-6-19-7-5-18/h10H,2-9H2,1H3,(H2,15,16,17). The summed E-state index contributed by atoms with van der Waals surface area (Å²) >= 11 is 0. The topological polar surface area (TPSA) is 48.9 Å². The quantitative estimate of drug-likeness (QED) is 0.572. The SMILES string of the molecule is CN=C(NCCN1CCOCC1)NC1CC(F)(F)C1. The number of ether oxygens (including phenoxy) is 1. The van der Waals surface area contributed by atoms with Gasteiger partial charge in [0, 0.05) is 52.1 Å². The molecule has 0 aromatic rings. The van der Waals surface area contributed by atoms with E-state index in [-0.39, 0.29) is 18.9 Å². The first-order valence-electron chi connectivity index (χ1n) is 6.74. The molecule has 1 heterocycles. The summed E-state index contributed by atoms with van der Waals surface area (Å²) in [5, 5.41) is 6.17. The van der Waals surface area contributed by atoms with Crippen LogP contribution in [0.1, 0.15) is 12.8 Å². The number of rotatable bonds is 4. The Morgan fingerprint density at radius 2 is 2.05 bits per heavy atom. The maximum absolute atomic E-state index is 12.7. The number of nitrogens with one attached hydrogen (secondary N) is 2. The van der Waals surface area contributed by atoms with E-state index in [1.807, 2.05) is 0 Å². The largest absolute Gasteiger partial charge is 0.379 e. The number of alkyl halides is 2. The summed E-state index contributed by atoms with van der Waals surface area (Å²) in [5.74, 6) is -1.89. The highest BCUT2D eigenvalue weighted by atomic mass is 19.3. The van der Waals surface area contributed by atoms with Crippen LogP contribution in [0.5, 0.6) is 0 Å². The number of hydrogen-bond donors (Lipinski definition) is 2. The summed E-state index contributed by atoms with van der Waals surface area (Å²) in [6.45, 7) is 5.12. The molecule has 0 spiro atoms. The van der Waals surface area contributed by atoms with E-state index in [1.54, 1.807) is 7.05 Å². The molecule has 0 unspecified atom stereocenters. The molecule has 110 valence electrons. The van der Waals surface area contributed by atoms with Crippen LogP contribution >= 0.6 is 0 Å². The second-order valence-corrected chi connectivity index (χ2v) is 5.06. The smallest absolute Gasteiger partial charge is 0.252 e. The van der Waals surface area contributed by atoms with Crippen molar-refractivity contribution in [2.75, 3.05) is 46.4 Å². The van der Waals surface area contributed by atoms with Crippen molar-refractivity contribution in [2.24, 2.45) is 4.99 Å². The van der Waals surface area contributed by atoms with Gasteiger partial charge in [-0.2, -0.15) is 0 Å². The van der Waals surface area contributed by atoms with Crippen LogP contribution in [0.15, 0.2) is 4.99 Å². The third-order valence-electron chi connectivity index (χ3n) is 3.48. The van der Waals surface area contributed by atoms with E-state index in [9.17, 15) is 8.78 Å². The fourth-order valence-corrected chi connectivity index (χ4v) is 2.31. The minimum atomic E-state index is -2.50. The van der Waals surface area contributed by atoms with Gasteiger partial charge in [0.15, 0.2) is 5.96 Å². The minimum Gasteiger partial charge on any atom is -0.379 e. The van der Waals surface area contributed by atoms with Crippen molar-refractivity contribution in [3.8, 4) is 0 Å². The monoisotopic (exact) mass is 276 g/mol. The number of aliphatic imine (C=N–C) groups is 1. The lowest BCUT2D eigenvalue weighted by Crippen LogP contribution is -2.54. The molecule has 1 saturated carbocycles. The Bertz CT molecular complexity index is 311. The van der Waals surface area contributed by atoms with Crippen molar-refractivity contribution in [1.82, 2.24) is 15.5 Å². The highest BCUT2D eigenvalue weighted by molar-refractivity contribution is 5.80. The Hall–Kier alpha value is -0.950. The Morgan fingerprint density at radius 1 is 1.37 bits per heavy atom. The van der Waals surface area contributed by atoms with Gasteiger partial charge in [-0.25, -0.2) is 8.78 Å². The van der Waals surface area contributed by atoms with Gasteiger partial charge < -0.3 is 15.4 Å². The van der Waals surface area contributed by atoms with Crippen molar-refractivity contribution in [1.29, 1.82) is 0 Å². The van der Waals surface area contributed by atoms with Gasteiger partial charge in [-0.15, -0.1) is 0 Å². The maximum atomic E-state index is 12.7. The third kappa shape index (κ3) is 4.58. The van der Waals surface area contributed by atoms with E-state index in [0.29, 0.717) is 5.96 Å². The van der Waals surface area contributed by atoms with Gasteiger partial charge in [0.2, 0.25) is 0 Å². The van der Waals surface area contributed by atoms with Crippen molar-refractivity contribution in [3.63, 3.8) is 0 Å². The molecule has 1 saturated heterocycles. The zero-order chi connectivity index (χ0) is 13.7. The lowest BCUT2D eigenvalue weighted by molar-refractivity contribution is -0.0887. The summed E-state index contributed by atoms with van der Waals surface area (Å²) in [7, 11) is 1.65. The fraction of sp³-hybridized carbons (Fsp3) is 0.917. The Labute approximate surface area is 112 Å². The number of halogens is 2. The van der Waals surface area contributed by atoms with Crippen molar-refractivity contribution in [2.45, 2.75) is 24.8 Å². The predicted octanol–water partition coefficient (Wildman–Crippen LogP) is 0.281. The molecule has 1 aliphatic heterocycles. The first-order valence-corrected chi connectivity index (χ1v) is 6.74. The molecule has 1 aliphatic carbocycles. The molecule has 0 amide bonds. The first-order chi connectivity index (χ1) is 9.09. The Balaban J connectivity index is 1.60. The van der Waals surface area contributed by atoms with Gasteiger partial charge >= 0.3 is 0 Å². The third-order valence-corrected chi connectivity index (χ3v) is 3.48. The van der Waals surface area contributed by atoms with Crippen LogP contribution in [0, 0.1) is 0 Å². The second kappa shape index (κ2) is 6.47. The molecule has 0 aromatic carbocycles. The van der Waals surface area contributed by atoms with E-state index in [2.05, 4.69) is 20.5 Å². The molecule has 0 atom stereocenters. The summed E-state index contributed by atoms with van der Waals surface area (Å²) < 4.78 is 30.7. The molecule has 0 radical (unpaired) electrons. The lowest BCUT2D eigenvalue weighted by Gasteiger charge is -2.36. The molecule has 0 bridgehead atoms. The zero-order valence-corrected chi connectivity index (χ0v) is 11.3. The molecule has 2 aliphatic rings. The van der Waals surface area contributed by atoms with Crippen molar-refractivity contribution < 1.29 is 13.5 Å². The average molecular weight is 276 g/mol. The highest BCUT2D eigenvalue weighted by Gasteiger charge is 2.45. The van der Waals surface area contributed by atoms with Crippen LogP contribution in [-0.4, -0.2) is 69.3 Å². The van der Waals surface area contributed by atoms with Crippen LogP contribution in [0.2, 0.25) is 0 Å². The number of morpholine rings is 1. The number of hydrogen-bond acceptors (Lipinski definition) is 3.